The van der Waals surface area contributed by atoms with Gasteiger partial charge in [0, 0.05) is 5.92 Å². The fourth-order valence-corrected chi connectivity index (χ4v) is 2.42. The molecule has 1 aliphatic carbocycles. The first-order valence-electron chi connectivity index (χ1n) is 6.18. The van der Waals surface area contributed by atoms with Gasteiger partial charge in [0.15, 0.2) is 0 Å². The molecule has 17 heavy (non-hydrogen) atoms. The van der Waals surface area contributed by atoms with E-state index in [2.05, 4.69) is 12.2 Å². The zero-order valence-electron chi connectivity index (χ0n) is 10.5. The molecule has 0 saturated heterocycles. The summed E-state index contributed by atoms with van der Waals surface area (Å²) >= 11 is 0. The van der Waals surface area contributed by atoms with E-state index in [1.54, 1.807) is 7.11 Å². The molecule has 2 nitrogen and oxygen atoms in total. The van der Waals surface area contributed by atoms with Crippen molar-refractivity contribution < 1.29 is 9.84 Å². The van der Waals surface area contributed by atoms with Gasteiger partial charge >= 0.3 is 0 Å². The summed E-state index contributed by atoms with van der Waals surface area (Å²) in [5.74, 6) is 1.04. The van der Waals surface area contributed by atoms with Crippen LogP contribution in [0.1, 0.15) is 31.7 Å². The van der Waals surface area contributed by atoms with Crippen molar-refractivity contribution in [1.29, 1.82) is 0 Å². The SMILES string of the molecule is COc1ccc([C@@](C)(O)[C@H]2C=CCCC2)cc1. The first kappa shape index (κ1) is 12.2. The van der Waals surface area contributed by atoms with Gasteiger partial charge < -0.3 is 9.84 Å². The van der Waals surface area contributed by atoms with Crippen molar-refractivity contribution >= 4 is 0 Å². The average Bonchev–Trinajstić information content (AvgIpc) is 2.40. The van der Waals surface area contributed by atoms with Gasteiger partial charge in [-0.15, -0.1) is 0 Å². The van der Waals surface area contributed by atoms with E-state index in [0.29, 0.717) is 0 Å². The zero-order chi connectivity index (χ0) is 12.3. The van der Waals surface area contributed by atoms with Crippen LogP contribution in [-0.2, 0) is 5.60 Å². The second-order valence-corrected chi connectivity index (χ2v) is 4.84. The molecule has 0 fully saturated rings. The molecule has 0 bridgehead atoms. The van der Waals surface area contributed by atoms with E-state index in [9.17, 15) is 5.11 Å². The fraction of sp³-hybridized carbons (Fsp3) is 0.467. The van der Waals surface area contributed by atoms with E-state index in [4.69, 9.17) is 4.74 Å². The largest absolute Gasteiger partial charge is 0.497 e. The summed E-state index contributed by atoms with van der Waals surface area (Å²) in [5.41, 5.74) is 0.165. The van der Waals surface area contributed by atoms with Crippen LogP contribution >= 0.6 is 0 Å². The predicted molar refractivity (Wildman–Crippen MR) is 69.0 cm³/mol. The van der Waals surface area contributed by atoms with E-state index < -0.39 is 5.60 Å². The molecule has 92 valence electrons. The molecule has 2 heteroatoms. The molecule has 0 saturated carbocycles. The third-order valence-electron chi connectivity index (χ3n) is 3.65. The molecule has 0 unspecified atom stereocenters. The van der Waals surface area contributed by atoms with Crippen LogP contribution in [-0.4, -0.2) is 12.2 Å². The zero-order valence-corrected chi connectivity index (χ0v) is 10.5. The lowest BCUT2D eigenvalue weighted by Crippen LogP contribution is -2.31. The highest BCUT2D eigenvalue weighted by molar-refractivity contribution is 5.31. The summed E-state index contributed by atoms with van der Waals surface area (Å²) in [6.45, 7) is 1.90. The molecule has 1 aromatic rings. The number of hydrogen-bond donors (Lipinski definition) is 1. The smallest absolute Gasteiger partial charge is 0.118 e. The molecule has 0 aliphatic heterocycles. The number of benzene rings is 1. The van der Waals surface area contributed by atoms with E-state index >= 15 is 0 Å². The molecule has 1 N–H and O–H groups in total. The van der Waals surface area contributed by atoms with Gasteiger partial charge in [0.05, 0.1) is 12.7 Å². The average molecular weight is 232 g/mol. The number of methoxy groups -OCH3 is 1. The normalized spacial score (nSPS) is 23.1. The third-order valence-corrected chi connectivity index (χ3v) is 3.65. The molecular weight excluding hydrogens is 212 g/mol. The van der Waals surface area contributed by atoms with Gasteiger partial charge in [-0.2, -0.15) is 0 Å². The minimum Gasteiger partial charge on any atom is -0.497 e. The molecule has 1 aromatic carbocycles. The molecule has 0 heterocycles. The summed E-state index contributed by atoms with van der Waals surface area (Å²) in [4.78, 5) is 0. The van der Waals surface area contributed by atoms with Gasteiger partial charge in [0.2, 0.25) is 0 Å². The highest BCUT2D eigenvalue weighted by atomic mass is 16.5. The van der Waals surface area contributed by atoms with Crippen molar-refractivity contribution in [2.45, 2.75) is 31.8 Å². The van der Waals surface area contributed by atoms with Crippen molar-refractivity contribution in [2.75, 3.05) is 7.11 Å². The van der Waals surface area contributed by atoms with Crippen molar-refractivity contribution in [3.63, 3.8) is 0 Å². The van der Waals surface area contributed by atoms with Crippen LogP contribution in [0.2, 0.25) is 0 Å². The maximum Gasteiger partial charge on any atom is 0.118 e. The lowest BCUT2D eigenvalue weighted by Gasteiger charge is -2.33. The van der Waals surface area contributed by atoms with Crippen LogP contribution in [0.25, 0.3) is 0 Å². The molecule has 0 aromatic heterocycles. The van der Waals surface area contributed by atoms with Gasteiger partial charge in [-0.3, -0.25) is 0 Å². The maximum absolute atomic E-state index is 10.7. The quantitative estimate of drug-likeness (QED) is 0.810. The highest BCUT2D eigenvalue weighted by Crippen LogP contribution is 2.36. The Bertz CT molecular complexity index is 390. The summed E-state index contributed by atoms with van der Waals surface area (Å²) < 4.78 is 5.13. The fourth-order valence-electron chi connectivity index (χ4n) is 2.42. The number of aliphatic hydroxyl groups is 1. The minimum atomic E-state index is -0.789. The van der Waals surface area contributed by atoms with E-state index in [-0.39, 0.29) is 5.92 Å². The Labute approximate surface area is 103 Å². The Kier molecular flexibility index (Phi) is 3.53. The van der Waals surface area contributed by atoms with Gasteiger partial charge in [-0.05, 0) is 43.9 Å². The van der Waals surface area contributed by atoms with Crippen molar-refractivity contribution in [1.82, 2.24) is 0 Å². The summed E-state index contributed by atoms with van der Waals surface area (Å²) in [6.07, 6.45) is 7.66. The van der Waals surface area contributed by atoms with E-state index in [1.165, 1.54) is 0 Å². The number of hydrogen-bond acceptors (Lipinski definition) is 2. The third kappa shape index (κ3) is 2.52. The lowest BCUT2D eigenvalue weighted by atomic mass is 9.78. The van der Waals surface area contributed by atoms with Crippen molar-refractivity contribution in [2.24, 2.45) is 5.92 Å². The number of rotatable bonds is 3. The van der Waals surface area contributed by atoms with Gasteiger partial charge in [0.1, 0.15) is 5.75 Å². The van der Waals surface area contributed by atoms with Crippen LogP contribution < -0.4 is 4.74 Å². The van der Waals surface area contributed by atoms with Crippen molar-refractivity contribution in [3.8, 4) is 5.75 Å². The number of ether oxygens (including phenoxy) is 1. The summed E-state index contributed by atoms with van der Waals surface area (Å²) in [5, 5.41) is 10.7. The Morgan fingerprint density at radius 3 is 2.53 bits per heavy atom. The number of allylic oxidation sites excluding steroid dienone is 1. The molecular formula is C15H20O2. The van der Waals surface area contributed by atoms with Crippen LogP contribution in [0.3, 0.4) is 0 Å². The summed E-state index contributed by atoms with van der Waals surface area (Å²) in [7, 11) is 1.65. The van der Waals surface area contributed by atoms with Crippen LogP contribution in [0, 0.1) is 5.92 Å². The lowest BCUT2D eigenvalue weighted by molar-refractivity contribution is 0.00797. The molecule has 1 aliphatic rings. The summed E-state index contributed by atoms with van der Waals surface area (Å²) in [6, 6.07) is 7.69. The van der Waals surface area contributed by atoms with Crippen molar-refractivity contribution in [3.05, 3.63) is 42.0 Å². The molecule has 0 spiro atoms. The van der Waals surface area contributed by atoms with Gasteiger partial charge in [0.25, 0.3) is 0 Å². The molecule has 0 amide bonds. The second kappa shape index (κ2) is 4.92. The monoisotopic (exact) mass is 232 g/mol. The molecule has 0 radical (unpaired) electrons. The first-order valence-corrected chi connectivity index (χ1v) is 6.18. The standard InChI is InChI=1S/C15H20O2/c1-15(16,12-6-4-3-5-7-12)13-8-10-14(17-2)11-9-13/h4,6,8-12,16H,3,5,7H2,1-2H3/t12-,15-/m0/s1. The first-order chi connectivity index (χ1) is 8.14. The molecule has 2 atom stereocenters. The highest BCUT2D eigenvalue weighted by Gasteiger charge is 2.32. The van der Waals surface area contributed by atoms with Gasteiger partial charge in [-0.1, -0.05) is 24.3 Å². The Hall–Kier alpha value is -1.28. The minimum absolute atomic E-state index is 0.213. The van der Waals surface area contributed by atoms with Gasteiger partial charge in [-0.25, -0.2) is 0 Å². The Morgan fingerprint density at radius 1 is 1.29 bits per heavy atom. The Morgan fingerprint density at radius 2 is 2.00 bits per heavy atom. The second-order valence-electron chi connectivity index (χ2n) is 4.84. The predicted octanol–water partition coefficient (Wildman–Crippen LogP) is 3.26. The van der Waals surface area contributed by atoms with E-state index in [1.807, 2.05) is 31.2 Å². The van der Waals surface area contributed by atoms with Crippen LogP contribution in [0.15, 0.2) is 36.4 Å². The van der Waals surface area contributed by atoms with E-state index in [0.717, 1.165) is 30.6 Å². The van der Waals surface area contributed by atoms with Crippen LogP contribution in [0.4, 0.5) is 0 Å². The van der Waals surface area contributed by atoms with Crippen LogP contribution in [0.5, 0.6) is 5.75 Å². The maximum atomic E-state index is 10.7. The molecule has 2 rings (SSSR count). The Balaban J connectivity index is 2.23. The topological polar surface area (TPSA) is 29.5 Å².